The number of benzene rings is 2. The molecule has 0 spiro atoms. The number of methoxy groups -OCH3 is 1. The van der Waals surface area contributed by atoms with Gasteiger partial charge in [0, 0.05) is 31.4 Å². The normalized spacial score (nSPS) is 20.8. The summed E-state index contributed by atoms with van der Waals surface area (Å²) in [6.45, 7) is 1.45. The first-order valence-corrected chi connectivity index (χ1v) is 15.9. The van der Waals surface area contributed by atoms with Crippen LogP contribution in [0.15, 0.2) is 36.4 Å². The number of amides is 1. The van der Waals surface area contributed by atoms with Crippen molar-refractivity contribution in [2.24, 2.45) is 13.0 Å². The van der Waals surface area contributed by atoms with Crippen molar-refractivity contribution in [1.82, 2.24) is 14.1 Å². The van der Waals surface area contributed by atoms with Gasteiger partial charge in [-0.3, -0.25) is 19.1 Å². The Kier molecular flexibility index (Phi) is 10.4. The molecule has 12 heteroatoms. The van der Waals surface area contributed by atoms with E-state index in [9.17, 15) is 14.4 Å². The maximum Gasteiger partial charge on any atom is 0.308 e. The van der Waals surface area contributed by atoms with E-state index < -0.39 is 11.7 Å². The zero-order valence-electron chi connectivity index (χ0n) is 24.3. The van der Waals surface area contributed by atoms with Gasteiger partial charge in [0.1, 0.15) is 11.6 Å². The average Bonchev–Trinajstić information content (AvgIpc) is 3.61. The average molecular weight is 631 g/mol. The van der Waals surface area contributed by atoms with Gasteiger partial charge in [0.25, 0.3) is 5.91 Å². The Bertz CT molecular complexity index is 1490. The molecule has 0 unspecified atom stereocenters. The largest absolute Gasteiger partial charge is 0.469 e. The van der Waals surface area contributed by atoms with Gasteiger partial charge < -0.3 is 14.8 Å². The van der Waals surface area contributed by atoms with E-state index in [0.717, 1.165) is 56.7 Å². The molecule has 1 aliphatic heterocycles. The minimum absolute atomic E-state index is 0.0311. The van der Waals surface area contributed by atoms with Gasteiger partial charge in [0.15, 0.2) is 5.69 Å². The lowest BCUT2D eigenvalue weighted by atomic mass is 9.87. The number of anilines is 1. The highest BCUT2D eigenvalue weighted by Crippen LogP contribution is 2.31. The van der Waals surface area contributed by atoms with Crippen LogP contribution in [0.3, 0.4) is 0 Å². The number of ketones is 1. The zero-order chi connectivity index (χ0) is 30.5. The Balaban J connectivity index is 1.10. The number of carbonyl (C=O) groups is 3. The van der Waals surface area contributed by atoms with E-state index in [2.05, 4.69) is 14.7 Å². The molecule has 5 rings (SSSR count). The van der Waals surface area contributed by atoms with E-state index in [4.69, 9.17) is 21.1 Å². The number of para-hydroxylation sites is 1. The third kappa shape index (κ3) is 7.57. The lowest BCUT2D eigenvalue weighted by molar-refractivity contribution is -0.147. The fourth-order valence-corrected chi connectivity index (χ4v) is 7.11. The number of hydrogen-bond donors (Lipinski definition) is 1. The third-order valence-corrected chi connectivity index (χ3v) is 9.77. The Morgan fingerprint density at radius 2 is 1.91 bits per heavy atom. The van der Waals surface area contributed by atoms with Gasteiger partial charge in [0.2, 0.25) is 0 Å². The standard InChI is InChI=1S/C31H36ClFN4O5S/c1-36-28-8-4-3-7-24(28)29(35-36)30(39)34-27-16-26(33)20(15-25(27)32)14-22(38)18-43-37-13-5-6-21(37)17-42-23-11-9-19(10-12-23)31(40)41-2/h3-4,7-8,15-16,19,21,23H,5-6,9-14,17-18H2,1-2H3,(H,34,39)/t19-,21-,23-/m0/s1. The number of esters is 1. The van der Waals surface area contributed by atoms with Crippen molar-refractivity contribution >= 4 is 57.8 Å². The number of aryl methyl sites for hydroxylation is 1. The van der Waals surface area contributed by atoms with E-state index >= 15 is 4.39 Å². The lowest BCUT2D eigenvalue weighted by Gasteiger charge is -2.29. The topological polar surface area (TPSA) is 103 Å². The van der Waals surface area contributed by atoms with Gasteiger partial charge in [-0.05, 0) is 62.3 Å². The van der Waals surface area contributed by atoms with Gasteiger partial charge in [-0.25, -0.2) is 8.70 Å². The minimum atomic E-state index is -0.613. The highest BCUT2D eigenvalue weighted by Gasteiger charge is 2.30. The molecule has 0 bridgehead atoms. The number of nitrogens with zero attached hydrogens (tertiary/aromatic N) is 3. The Morgan fingerprint density at radius 1 is 1.14 bits per heavy atom. The van der Waals surface area contributed by atoms with Crippen molar-refractivity contribution in [2.45, 2.75) is 57.1 Å². The predicted octanol–water partition coefficient (Wildman–Crippen LogP) is 5.59. The molecule has 1 atom stereocenters. The Hall–Kier alpha value is -2.99. The predicted molar refractivity (Wildman–Crippen MR) is 165 cm³/mol. The summed E-state index contributed by atoms with van der Waals surface area (Å²) in [6, 6.07) is 10.1. The van der Waals surface area contributed by atoms with Crippen molar-refractivity contribution in [3.05, 3.63) is 58.5 Å². The molecule has 2 fully saturated rings. The summed E-state index contributed by atoms with van der Waals surface area (Å²) >= 11 is 7.86. The SMILES string of the molecule is COC(=O)[C@H]1CC[C@H](OC[C@@H]2CCCN2SCC(=O)Cc2cc(Cl)c(NC(=O)c3nn(C)c4ccccc34)cc2F)CC1. The first kappa shape index (κ1) is 31.4. The van der Waals surface area contributed by atoms with Crippen molar-refractivity contribution < 1.29 is 28.2 Å². The first-order chi connectivity index (χ1) is 20.7. The number of halogens is 2. The number of rotatable bonds is 11. The van der Waals surface area contributed by atoms with Crippen LogP contribution in [0, 0.1) is 11.7 Å². The monoisotopic (exact) mass is 630 g/mol. The minimum Gasteiger partial charge on any atom is -0.469 e. The van der Waals surface area contributed by atoms with E-state index in [1.165, 1.54) is 25.1 Å². The molecular weight excluding hydrogens is 595 g/mol. The van der Waals surface area contributed by atoms with Gasteiger partial charge in [0.05, 0.1) is 47.7 Å². The number of hydrogen-bond acceptors (Lipinski definition) is 8. The number of ether oxygens (including phenoxy) is 2. The molecule has 1 saturated carbocycles. The summed E-state index contributed by atoms with van der Waals surface area (Å²) < 4.78 is 29.9. The van der Waals surface area contributed by atoms with Gasteiger partial charge in [-0.2, -0.15) is 5.10 Å². The van der Waals surface area contributed by atoms with E-state index in [0.29, 0.717) is 12.0 Å². The van der Waals surface area contributed by atoms with Crippen LogP contribution in [0.1, 0.15) is 54.6 Å². The summed E-state index contributed by atoms with van der Waals surface area (Å²) in [5, 5.41) is 7.76. The van der Waals surface area contributed by atoms with Crippen LogP contribution in [0.4, 0.5) is 10.1 Å². The highest BCUT2D eigenvalue weighted by atomic mass is 35.5. The van der Waals surface area contributed by atoms with Crippen LogP contribution in [-0.4, -0.2) is 69.9 Å². The van der Waals surface area contributed by atoms with E-state index in [-0.39, 0.29) is 64.0 Å². The number of fused-ring (bicyclic) bond motifs is 1. The van der Waals surface area contributed by atoms with Crippen LogP contribution in [0.5, 0.6) is 0 Å². The maximum atomic E-state index is 15.0. The zero-order valence-corrected chi connectivity index (χ0v) is 25.9. The van der Waals surface area contributed by atoms with Crippen molar-refractivity contribution in [3.63, 3.8) is 0 Å². The molecule has 2 heterocycles. The molecule has 1 amide bonds. The summed E-state index contributed by atoms with van der Waals surface area (Å²) in [6.07, 6.45) is 5.30. The van der Waals surface area contributed by atoms with Crippen molar-refractivity contribution in [2.75, 3.05) is 31.3 Å². The van der Waals surface area contributed by atoms with Crippen LogP contribution >= 0.6 is 23.5 Å². The van der Waals surface area contributed by atoms with Crippen LogP contribution in [0.25, 0.3) is 10.9 Å². The molecular formula is C31H36ClFN4O5S. The highest BCUT2D eigenvalue weighted by molar-refractivity contribution is 7.97. The molecule has 1 aromatic heterocycles. The second-order valence-corrected chi connectivity index (χ2v) is 12.5. The first-order valence-electron chi connectivity index (χ1n) is 14.5. The van der Waals surface area contributed by atoms with E-state index in [1.807, 2.05) is 18.2 Å². The summed E-state index contributed by atoms with van der Waals surface area (Å²) in [5.41, 5.74) is 1.30. The number of carbonyl (C=O) groups excluding carboxylic acids is 3. The van der Waals surface area contributed by atoms with Crippen LogP contribution in [-0.2, 0) is 32.5 Å². The quantitative estimate of drug-likeness (QED) is 0.216. The fourth-order valence-electron chi connectivity index (χ4n) is 5.83. The molecule has 9 nitrogen and oxygen atoms in total. The van der Waals surface area contributed by atoms with Crippen molar-refractivity contribution in [1.29, 1.82) is 0 Å². The van der Waals surface area contributed by atoms with Crippen molar-refractivity contribution in [3.8, 4) is 0 Å². The Morgan fingerprint density at radius 3 is 2.67 bits per heavy atom. The summed E-state index contributed by atoms with van der Waals surface area (Å²) in [7, 11) is 3.17. The fraction of sp³-hybridized carbons (Fsp3) is 0.484. The molecule has 1 saturated heterocycles. The maximum absolute atomic E-state index is 15.0. The molecule has 1 N–H and O–H groups in total. The molecule has 2 aromatic carbocycles. The van der Waals surface area contributed by atoms with E-state index in [1.54, 1.807) is 17.8 Å². The second kappa shape index (κ2) is 14.2. The molecule has 1 aliphatic carbocycles. The second-order valence-electron chi connectivity index (χ2n) is 11.1. The Labute approximate surface area is 259 Å². The van der Waals surface area contributed by atoms with Gasteiger partial charge in [-0.15, -0.1) is 0 Å². The van der Waals surface area contributed by atoms with Crippen LogP contribution < -0.4 is 5.32 Å². The smallest absolute Gasteiger partial charge is 0.308 e. The van der Waals surface area contributed by atoms with Crippen LogP contribution in [0.2, 0.25) is 5.02 Å². The summed E-state index contributed by atoms with van der Waals surface area (Å²) in [5.74, 6) is -1.19. The molecule has 2 aliphatic rings. The molecule has 230 valence electrons. The van der Waals surface area contributed by atoms with Gasteiger partial charge in [-0.1, -0.05) is 41.7 Å². The molecule has 3 aromatic rings. The number of aromatic nitrogens is 2. The summed E-state index contributed by atoms with van der Waals surface area (Å²) in [4.78, 5) is 37.5. The molecule has 0 radical (unpaired) electrons. The third-order valence-electron chi connectivity index (χ3n) is 8.19. The number of Topliss-reactive ketones (excluding diaryl/α,β-unsaturated/α-hetero) is 1. The lowest BCUT2D eigenvalue weighted by Crippen LogP contribution is -2.33. The number of nitrogens with one attached hydrogen (secondary N) is 1. The van der Waals surface area contributed by atoms with Gasteiger partial charge >= 0.3 is 5.97 Å². The molecule has 43 heavy (non-hydrogen) atoms.